The van der Waals surface area contributed by atoms with Crippen molar-refractivity contribution in [2.75, 3.05) is 42.5 Å². The van der Waals surface area contributed by atoms with E-state index in [0.717, 1.165) is 31.7 Å². The number of nitrogens with one attached hydrogen (secondary N) is 1. The molecule has 4 rings (SSSR count). The molecule has 1 unspecified atom stereocenters. The molecule has 0 bridgehead atoms. The predicted molar refractivity (Wildman–Crippen MR) is 137 cm³/mol. The molecule has 0 spiro atoms. The zero-order chi connectivity index (χ0) is 25.5. The van der Waals surface area contributed by atoms with E-state index < -0.39 is 5.60 Å². The van der Waals surface area contributed by atoms with Crippen LogP contribution >= 0.6 is 0 Å². The highest BCUT2D eigenvalue weighted by Gasteiger charge is 2.38. The average Bonchev–Trinajstić information content (AvgIpc) is 3.11. The zero-order valence-electron chi connectivity index (χ0n) is 22.0. The normalized spacial score (nSPS) is 20.9. The summed E-state index contributed by atoms with van der Waals surface area (Å²) in [5.41, 5.74) is 3.06. The van der Waals surface area contributed by atoms with Crippen molar-refractivity contribution < 1.29 is 19.1 Å². The molecule has 3 amide bonds. The SMILES string of the molecule is CC(C)(C)CN(CC1CN(c2cccc3c2CCN3C2CCC(=O)NC2=O)C1)C(=O)OC(C)(C)C. The minimum atomic E-state index is -0.516. The van der Waals surface area contributed by atoms with E-state index in [1.54, 1.807) is 0 Å². The summed E-state index contributed by atoms with van der Waals surface area (Å²) in [5, 5.41) is 2.49. The molecule has 1 aromatic carbocycles. The van der Waals surface area contributed by atoms with Crippen molar-refractivity contribution in [3.8, 4) is 0 Å². The van der Waals surface area contributed by atoms with Crippen LogP contribution < -0.4 is 15.1 Å². The number of carbonyl (C=O) groups is 3. The Bertz CT molecular complexity index is 988. The maximum atomic E-state index is 12.9. The number of benzene rings is 1. The van der Waals surface area contributed by atoms with Gasteiger partial charge in [-0.3, -0.25) is 14.9 Å². The number of rotatable bonds is 5. The monoisotopic (exact) mass is 484 g/mol. The Labute approximate surface area is 209 Å². The molecule has 3 aliphatic heterocycles. The molecule has 0 aromatic heterocycles. The lowest BCUT2D eigenvalue weighted by Crippen LogP contribution is -2.54. The number of amides is 3. The first kappa shape index (κ1) is 25.3. The van der Waals surface area contributed by atoms with Gasteiger partial charge in [-0.1, -0.05) is 26.8 Å². The first-order valence-electron chi connectivity index (χ1n) is 12.8. The molecule has 192 valence electrons. The Morgan fingerprint density at radius 1 is 1.09 bits per heavy atom. The standard InChI is InChI=1S/C27H40N4O4/c1-26(2,3)17-30(25(34)35-27(4,5)6)16-18-14-29(15-18)20-8-7-9-21-19(20)12-13-31(21)22-10-11-23(32)28-24(22)33/h7-9,18,22H,10-17H2,1-6H3,(H,28,32,33). The fourth-order valence-corrected chi connectivity index (χ4v) is 5.34. The molecule has 8 nitrogen and oxygen atoms in total. The molecule has 0 saturated carbocycles. The maximum absolute atomic E-state index is 12.9. The second-order valence-corrected chi connectivity index (χ2v) is 12.4. The van der Waals surface area contributed by atoms with Crippen LogP contribution in [-0.2, 0) is 20.7 Å². The molecule has 1 N–H and O–H groups in total. The van der Waals surface area contributed by atoms with E-state index in [0.29, 0.717) is 31.8 Å². The number of imide groups is 1. The van der Waals surface area contributed by atoms with Gasteiger partial charge in [-0.05, 0) is 51.2 Å². The van der Waals surface area contributed by atoms with Crippen LogP contribution in [-0.4, -0.2) is 67.2 Å². The minimum absolute atomic E-state index is 0.0138. The fourth-order valence-electron chi connectivity index (χ4n) is 5.34. The molecule has 35 heavy (non-hydrogen) atoms. The van der Waals surface area contributed by atoms with Crippen LogP contribution in [0.25, 0.3) is 0 Å². The molecule has 3 heterocycles. The quantitative estimate of drug-likeness (QED) is 0.644. The third-order valence-electron chi connectivity index (χ3n) is 6.72. The van der Waals surface area contributed by atoms with Crippen LogP contribution in [0, 0.1) is 11.3 Å². The van der Waals surface area contributed by atoms with Crippen LogP contribution in [0.2, 0.25) is 0 Å². The molecule has 2 saturated heterocycles. The van der Waals surface area contributed by atoms with Gasteiger partial charge in [0, 0.05) is 62.0 Å². The average molecular weight is 485 g/mol. The molecule has 3 aliphatic rings. The van der Waals surface area contributed by atoms with Gasteiger partial charge in [-0.2, -0.15) is 0 Å². The van der Waals surface area contributed by atoms with E-state index in [1.165, 1.54) is 11.3 Å². The summed E-state index contributed by atoms with van der Waals surface area (Å²) in [7, 11) is 0. The third-order valence-corrected chi connectivity index (χ3v) is 6.72. The van der Waals surface area contributed by atoms with E-state index in [4.69, 9.17) is 4.74 Å². The Morgan fingerprint density at radius 2 is 1.77 bits per heavy atom. The van der Waals surface area contributed by atoms with Crippen molar-refractivity contribution in [1.29, 1.82) is 0 Å². The highest BCUT2D eigenvalue weighted by Crippen LogP contribution is 2.40. The van der Waals surface area contributed by atoms with Crippen molar-refractivity contribution in [2.45, 2.75) is 72.4 Å². The number of hydrogen-bond donors (Lipinski definition) is 1. The molecule has 8 heteroatoms. The van der Waals surface area contributed by atoms with Crippen LogP contribution in [0.1, 0.15) is 59.9 Å². The number of hydrogen-bond acceptors (Lipinski definition) is 6. The molecular formula is C27H40N4O4. The summed E-state index contributed by atoms with van der Waals surface area (Å²) >= 11 is 0. The lowest BCUT2D eigenvalue weighted by atomic mass is 9.93. The Morgan fingerprint density at radius 3 is 2.40 bits per heavy atom. The fraction of sp³-hybridized carbons (Fsp3) is 0.667. The Hall–Kier alpha value is -2.77. The topological polar surface area (TPSA) is 82.2 Å². The summed E-state index contributed by atoms with van der Waals surface area (Å²) in [5.74, 6) is 0.0101. The van der Waals surface area contributed by atoms with Crippen molar-refractivity contribution >= 4 is 29.3 Å². The van der Waals surface area contributed by atoms with Gasteiger partial charge in [0.1, 0.15) is 11.6 Å². The lowest BCUT2D eigenvalue weighted by Gasteiger charge is -2.44. The molecule has 0 aliphatic carbocycles. The molecule has 1 aromatic rings. The summed E-state index contributed by atoms with van der Waals surface area (Å²) in [4.78, 5) is 43.3. The lowest BCUT2D eigenvalue weighted by molar-refractivity contribution is -0.134. The van der Waals surface area contributed by atoms with Gasteiger partial charge in [-0.25, -0.2) is 4.79 Å². The van der Waals surface area contributed by atoms with Gasteiger partial charge in [0.15, 0.2) is 0 Å². The predicted octanol–water partition coefficient (Wildman–Crippen LogP) is 3.57. The van der Waals surface area contributed by atoms with Crippen molar-refractivity contribution in [3.63, 3.8) is 0 Å². The van der Waals surface area contributed by atoms with Gasteiger partial charge in [0.2, 0.25) is 11.8 Å². The van der Waals surface area contributed by atoms with E-state index in [-0.39, 0.29) is 29.4 Å². The van der Waals surface area contributed by atoms with Crippen LogP contribution in [0.15, 0.2) is 18.2 Å². The van der Waals surface area contributed by atoms with Crippen molar-refractivity contribution in [2.24, 2.45) is 11.3 Å². The van der Waals surface area contributed by atoms with Crippen LogP contribution in [0.3, 0.4) is 0 Å². The summed E-state index contributed by atoms with van der Waals surface area (Å²) in [6.45, 7) is 16.0. The zero-order valence-corrected chi connectivity index (χ0v) is 22.0. The number of fused-ring (bicyclic) bond motifs is 1. The van der Waals surface area contributed by atoms with Crippen LogP contribution in [0.5, 0.6) is 0 Å². The van der Waals surface area contributed by atoms with E-state index in [2.05, 4.69) is 54.1 Å². The molecule has 1 atom stereocenters. The third kappa shape index (κ3) is 5.90. The minimum Gasteiger partial charge on any atom is -0.444 e. The number of anilines is 2. The van der Waals surface area contributed by atoms with Gasteiger partial charge < -0.3 is 19.4 Å². The second-order valence-electron chi connectivity index (χ2n) is 12.4. The number of piperidine rings is 1. The largest absolute Gasteiger partial charge is 0.444 e. The van der Waals surface area contributed by atoms with Crippen molar-refractivity contribution in [1.82, 2.24) is 10.2 Å². The summed E-state index contributed by atoms with van der Waals surface area (Å²) in [6.07, 6.45) is 1.59. The van der Waals surface area contributed by atoms with E-state index in [9.17, 15) is 14.4 Å². The van der Waals surface area contributed by atoms with E-state index >= 15 is 0 Å². The summed E-state index contributed by atoms with van der Waals surface area (Å²) in [6, 6.07) is 6.01. The van der Waals surface area contributed by atoms with E-state index in [1.807, 2.05) is 25.7 Å². The first-order chi connectivity index (χ1) is 16.3. The Balaban J connectivity index is 1.41. The number of carbonyl (C=O) groups excluding carboxylic acids is 3. The van der Waals surface area contributed by atoms with Crippen LogP contribution in [0.4, 0.5) is 16.2 Å². The Kier molecular flexibility index (Phi) is 6.77. The number of ether oxygens (including phenoxy) is 1. The molecule has 0 radical (unpaired) electrons. The second kappa shape index (κ2) is 9.36. The van der Waals surface area contributed by atoms with Gasteiger partial charge >= 0.3 is 6.09 Å². The molecular weight excluding hydrogens is 444 g/mol. The smallest absolute Gasteiger partial charge is 0.410 e. The maximum Gasteiger partial charge on any atom is 0.410 e. The highest BCUT2D eigenvalue weighted by atomic mass is 16.6. The van der Waals surface area contributed by atoms with Gasteiger partial charge in [0.05, 0.1) is 0 Å². The first-order valence-corrected chi connectivity index (χ1v) is 12.8. The van der Waals surface area contributed by atoms with Gasteiger partial charge in [0.25, 0.3) is 0 Å². The number of nitrogens with zero attached hydrogens (tertiary/aromatic N) is 3. The molecule has 2 fully saturated rings. The highest BCUT2D eigenvalue weighted by molar-refractivity contribution is 6.02. The van der Waals surface area contributed by atoms with Crippen molar-refractivity contribution in [3.05, 3.63) is 23.8 Å². The van der Waals surface area contributed by atoms with Gasteiger partial charge in [-0.15, -0.1) is 0 Å². The summed E-state index contributed by atoms with van der Waals surface area (Å²) < 4.78 is 5.69.